The molecule has 0 aliphatic rings. The van der Waals surface area contributed by atoms with Gasteiger partial charge in [-0.15, -0.1) is 0 Å². The fourth-order valence-electron chi connectivity index (χ4n) is 1.54. The van der Waals surface area contributed by atoms with Crippen molar-refractivity contribution in [3.05, 3.63) is 52.3 Å². The quantitative estimate of drug-likeness (QED) is 0.870. The summed E-state index contributed by atoms with van der Waals surface area (Å²) in [5, 5.41) is 2.46. The van der Waals surface area contributed by atoms with Crippen LogP contribution in [0.4, 0.5) is 14.5 Å². The summed E-state index contributed by atoms with van der Waals surface area (Å²) in [6.45, 7) is 0. The van der Waals surface area contributed by atoms with Crippen molar-refractivity contribution in [2.75, 3.05) is 12.4 Å². The van der Waals surface area contributed by atoms with Gasteiger partial charge in [0.1, 0.15) is 5.75 Å². The molecule has 0 unspecified atom stereocenters. The van der Waals surface area contributed by atoms with E-state index in [0.717, 1.165) is 12.3 Å². The summed E-state index contributed by atoms with van der Waals surface area (Å²) in [4.78, 5) is 15.0. The van der Waals surface area contributed by atoms with Crippen LogP contribution in [0.2, 0.25) is 0 Å². The Labute approximate surface area is 121 Å². The van der Waals surface area contributed by atoms with Crippen molar-refractivity contribution < 1.29 is 18.3 Å². The Morgan fingerprint density at radius 3 is 2.75 bits per heavy atom. The summed E-state index contributed by atoms with van der Waals surface area (Å²) in [7, 11) is 1.51. The summed E-state index contributed by atoms with van der Waals surface area (Å²) in [5.74, 6) is -2.77. The van der Waals surface area contributed by atoms with Gasteiger partial charge in [0.2, 0.25) is 5.95 Å². The van der Waals surface area contributed by atoms with E-state index in [4.69, 9.17) is 4.74 Å². The Morgan fingerprint density at radius 2 is 2.10 bits per heavy atom. The molecule has 0 aliphatic heterocycles. The molecule has 104 valence electrons. The number of ether oxygens (including phenoxy) is 1. The molecule has 0 saturated carbocycles. The van der Waals surface area contributed by atoms with E-state index in [1.165, 1.54) is 7.11 Å². The van der Waals surface area contributed by atoms with Crippen molar-refractivity contribution >= 4 is 27.5 Å². The zero-order chi connectivity index (χ0) is 14.7. The number of carbonyl (C=O) groups is 1. The molecule has 2 aromatic rings. The minimum atomic E-state index is -1.31. The highest BCUT2D eigenvalue weighted by molar-refractivity contribution is 9.10. The second-order valence-corrected chi connectivity index (χ2v) is 4.62. The van der Waals surface area contributed by atoms with Crippen LogP contribution in [-0.2, 0) is 0 Å². The molecule has 0 aliphatic carbocycles. The highest BCUT2D eigenvalue weighted by atomic mass is 79.9. The second-order valence-electron chi connectivity index (χ2n) is 3.77. The number of nitrogens with one attached hydrogen (secondary N) is 1. The van der Waals surface area contributed by atoms with Crippen LogP contribution in [0.5, 0.6) is 5.75 Å². The average Bonchev–Trinajstić information content (AvgIpc) is 2.42. The predicted octanol–water partition coefficient (Wildman–Crippen LogP) is 3.38. The number of nitrogens with zero attached hydrogens (tertiary/aromatic N) is 1. The number of amides is 1. The first-order chi connectivity index (χ1) is 9.52. The SMILES string of the molecule is COc1ccc(NC(=O)c2ccnc(F)c2F)cc1Br. The predicted molar refractivity (Wildman–Crippen MR) is 72.8 cm³/mol. The van der Waals surface area contributed by atoms with Crippen molar-refractivity contribution in [1.29, 1.82) is 0 Å². The molecule has 4 nitrogen and oxygen atoms in total. The van der Waals surface area contributed by atoms with Crippen molar-refractivity contribution in [3.63, 3.8) is 0 Å². The number of pyridine rings is 1. The minimum absolute atomic E-state index is 0.413. The molecule has 20 heavy (non-hydrogen) atoms. The first-order valence-electron chi connectivity index (χ1n) is 5.48. The van der Waals surface area contributed by atoms with Gasteiger partial charge in [-0.05, 0) is 40.2 Å². The molecule has 1 aromatic carbocycles. The van der Waals surface area contributed by atoms with Gasteiger partial charge in [-0.1, -0.05) is 0 Å². The third-order valence-corrected chi connectivity index (χ3v) is 3.12. The molecule has 0 atom stereocenters. The van der Waals surface area contributed by atoms with E-state index in [-0.39, 0.29) is 0 Å². The highest BCUT2D eigenvalue weighted by Gasteiger charge is 2.16. The van der Waals surface area contributed by atoms with Crippen LogP contribution in [0.3, 0.4) is 0 Å². The molecule has 1 aromatic heterocycles. The van der Waals surface area contributed by atoms with Gasteiger partial charge >= 0.3 is 0 Å². The fourth-order valence-corrected chi connectivity index (χ4v) is 2.08. The van der Waals surface area contributed by atoms with E-state index >= 15 is 0 Å². The summed E-state index contributed by atoms with van der Waals surface area (Å²) in [6.07, 6.45) is 1.03. The van der Waals surface area contributed by atoms with Gasteiger partial charge in [-0.3, -0.25) is 4.79 Å². The van der Waals surface area contributed by atoms with Crippen LogP contribution in [0.15, 0.2) is 34.9 Å². The van der Waals surface area contributed by atoms with E-state index in [0.29, 0.717) is 15.9 Å². The molecule has 1 amide bonds. The second kappa shape index (κ2) is 5.96. The van der Waals surface area contributed by atoms with Gasteiger partial charge in [-0.25, -0.2) is 9.37 Å². The Kier molecular flexibility index (Phi) is 4.29. The Balaban J connectivity index is 2.24. The number of halogens is 3. The number of rotatable bonds is 3. The number of hydrogen-bond donors (Lipinski definition) is 1. The lowest BCUT2D eigenvalue weighted by Crippen LogP contribution is -2.15. The van der Waals surface area contributed by atoms with Gasteiger partial charge in [0.15, 0.2) is 5.82 Å². The zero-order valence-corrected chi connectivity index (χ0v) is 11.9. The van der Waals surface area contributed by atoms with Crippen molar-refractivity contribution in [3.8, 4) is 5.75 Å². The first-order valence-corrected chi connectivity index (χ1v) is 6.27. The van der Waals surface area contributed by atoms with E-state index in [1.54, 1.807) is 18.2 Å². The van der Waals surface area contributed by atoms with Crippen LogP contribution in [0.1, 0.15) is 10.4 Å². The third-order valence-electron chi connectivity index (χ3n) is 2.50. The van der Waals surface area contributed by atoms with Crippen molar-refractivity contribution in [2.45, 2.75) is 0 Å². The maximum atomic E-state index is 13.4. The number of aromatic nitrogens is 1. The van der Waals surface area contributed by atoms with Crippen molar-refractivity contribution in [1.82, 2.24) is 4.98 Å². The highest BCUT2D eigenvalue weighted by Crippen LogP contribution is 2.28. The van der Waals surface area contributed by atoms with E-state index in [1.807, 2.05) is 0 Å². The monoisotopic (exact) mass is 342 g/mol. The molecular formula is C13H9BrF2N2O2. The summed E-state index contributed by atoms with van der Waals surface area (Å²) in [5.41, 5.74) is 0.00346. The lowest BCUT2D eigenvalue weighted by molar-refractivity contribution is 0.102. The van der Waals surface area contributed by atoms with Gasteiger partial charge in [0.05, 0.1) is 17.1 Å². The normalized spacial score (nSPS) is 10.2. The van der Waals surface area contributed by atoms with Gasteiger partial charge < -0.3 is 10.1 Å². The molecule has 1 N–H and O–H groups in total. The van der Waals surface area contributed by atoms with Crippen LogP contribution in [0, 0.1) is 11.8 Å². The number of hydrogen-bond acceptors (Lipinski definition) is 3. The lowest BCUT2D eigenvalue weighted by atomic mass is 10.2. The molecule has 0 radical (unpaired) electrons. The maximum absolute atomic E-state index is 13.4. The van der Waals surface area contributed by atoms with Crippen LogP contribution < -0.4 is 10.1 Å². The van der Waals surface area contributed by atoms with Gasteiger partial charge in [0.25, 0.3) is 5.91 Å². The van der Waals surface area contributed by atoms with Gasteiger partial charge in [-0.2, -0.15) is 4.39 Å². The summed E-state index contributed by atoms with van der Waals surface area (Å²) < 4.78 is 32.0. The molecule has 2 rings (SSSR count). The van der Waals surface area contributed by atoms with Crippen molar-refractivity contribution in [2.24, 2.45) is 0 Å². The van der Waals surface area contributed by atoms with E-state index in [9.17, 15) is 13.6 Å². The molecule has 0 spiro atoms. The molecule has 7 heteroatoms. The summed E-state index contributed by atoms with van der Waals surface area (Å²) in [6, 6.07) is 5.90. The number of methoxy groups -OCH3 is 1. The molecule has 0 saturated heterocycles. The maximum Gasteiger partial charge on any atom is 0.258 e. The lowest BCUT2D eigenvalue weighted by Gasteiger charge is -2.08. The number of benzene rings is 1. The van der Waals surface area contributed by atoms with Gasteiger partial charge in [0, 0.05) is 11.9 Å². The van der Waals surface area contributed by atoms with Crippen LogP contribution >= 0.6 is 15.9 Å². The standard InChI is InChI=1S/C13H9BrF2N2O2/c1-20-10-3-2-7(6-9(10)14)18-13(19)8-4-5-17-12(16)11(8)15/h2-6H,1H3,(H,18,19). The van der Waals surface area contributed by atoms with Crippen LogP contribution in [0.25, 0.3) is 0 Å². The smallest absolute Gasteiger partial charge is 0.258 e. The Bertz CT molecular complexity index is 665. The first kappa shape index (κ1) is 14.4. The fraction of sp³-hybridized carbons (Fsp3) is 0.0769. The molecule has 0 fully saturated rings. The molecular weight excluding hydrogens is 334 g/mol. The van der Waals surface area contributed by atoms with E-state index < -0.39 is 23.2 Å². The number of carbonyl (C=O) groups excluding carboxylic acids is 1. The topological polar surface area (TPSA) is 51.2 Å². The van der Waals surface area contributed by atoms with E-state index in [2.05, 4.69) is 26.2 Å². The average molecular weight is 343 g/mol. The Hall–Kier alpha value is -2.02. The molecule has 1 heterocycles. The Morgan fingerprint density at radius 1 is 1.35 bits per heavy atom. The largest absolute Gasteiger partial charge is 0.496 e. The number of anilines is 1. The molecule has 0 bridgehead atoms. The third kappa shape index (κ3) is 2.93. The zero-order valence-electron chi connectivity index (χ0n) is 10.3. The van der Waals surface area contributed by atoms with Crippen LogP contribution in [-0.4, -0.2) is 18.0 Å². The minimum Gasteiger partial charge on any atom is -0.496 e. The summed E-state index contributed by atoms with van der Waals surface area (Å²) >= 11 is 3.26.